The van der Waals surface area contributed by atoms with Crippen LogP contribution in [0.2, 0.25) is 0 Å². The van der Waals surface area contributed by atoms with Crippen molar-refractivity contribution in [2.24, 2.45) is 5.41 Å². The second-order valence-electron chi connectivity index (χ2n) is 5.68. The van der Waals surface area contributed by atoms with E-state index in [2.05, 4.69) is 26.6 Å². The van der Waals surface area contributed by atoms with E-state index >= 15 is 0 Å². The lowest BCUT2D eigenvalue weighted by Crippen LogP contribution is -2.45. The maximum absolute atomic E-state index is 12.0. The average Bonchev–Trinajstić information content (AvgIpc) is 2.23. The van der Waals surface area contributed by atoms with Crippen LogP contribution in [0.4, 0.5) is 0 Å². The van der Waals surface area contributed by atoms with Gasteiger partial charge in [0.15, 0.2) is 0 Å². The monoisotopic (exact) mass is 232 g/mol. The van der Waals surface area contributed by atoms with Crippen LogP contribution in [0.1, 0.15) is 40.0 Å². The molecule has 0 aliphatic carbocycles. The zero-order valence-electron chi connectivity index (χ0n) is 10.5. The third kappa shape index (κ3) is 2.76. The van der Waals surface area contributed by atoms with Crippen molar-refractivity contribution in [3.63, 3.8) is 0 Å². The number of hydrogen-bond donors (Lipinski definition) is 0. The predicted molar refractivity (Wildman–Crippen MR) is 68.0 cm³/mol. The molecule has 1 fully saturated rings. The molecule has 3 heteroatoms. The molecule has 2 unspecified atom stereocenters. The second-order valence-corrected chi connectivity index (χ2v) is 8.42. The van der Waals surface area contributed by atoms with Crippen molar-refractivity contribution < 1.29 is 8.95 Å². The van der Waals surface area contributed by atoms with Crippen LogP contribution < -0.4 is 0 Å². The summed E-state index contributed by atoms with van der Waals surface area (Å²) in [6, 6.07) is 0. The smallest absolute Gasteiger partial charge is 0.0735 e. The third-order valence-corrected chi connectivity index (χ3v) is 5.71. The Morgan fingerprint density at radius 2 is 1.87 bits per heavy atom. The number of methoxy groups -OCH3 is 1. The first-order chi connectivity index (χ1) is 6.72. The minimum absolute atomic E-state index is 0.0988. The molecular formula is C12H24O2S. The largest absolute Gasteiger partial charge is 0.378 e. The summed E-state index contributed by atoms with van der Waals surface area (Å²) < 4.78 is 17.8. The molecule has 0 radical (unpaired) electrons. The van der Waals surface area contributed by atoms with E-state index in [4.69, 9.17) is 4.74 Å². The fourth-order valence-electron chi connectivity index (χ4n) is 2.46. The number of rotatable bonds is 1. The van der Waals surface area contributed by atoms with E-state index in [-0.39, 0.29) is 11.0 Å². The van der Waals surface area contributed by atoms with Gasteiger partial charge in [-0.05, 0) is 40.1 Å². The van der Waals surface area contributed by atoms with Gasteiger partial charge < -0.3 is 4.74 Å². The second kappa shape index (κ2) is 4.10. The molecule has 0 aromatic carbocycles. The molecule has 15 heavy (non-hydrogen) atoms. The zero-order valence-corrected chi connectivity index (χ0v) is 11.3. The Morgan fingerprint density at radius 3 is 2.33 bits per heavy atom. The summed E-state index contributed by atoms with van der Waals surface area (Å²) in [5.41, 5.74) is -0.0224. The molecule has 0 spiro atoms. The Labute approximate surface area is 94.4 Å². The van der Waals surface area contributed by atoms with Crippen LogP contribution in [0.25, 0.3) is 0 Å². The molecule has 0 aromatic heterocycles. The van der Waals surface area contributed by atoms with Gasteiger partial charge in [-0.1, -0.05) is 20.8 Å². The zero-order chi connectivity index (χ0) is 11.7. The highest BCUT2D eigenvalue weighted by molar-refractivity contribution is 8.00. The minimum atomic E-state index is -1.84. The summed E-state index contributed by atoms with van der Waals surface area (Å²) in [7, 11) is -0.0614. The molecule has 0 aromatic rings. The molecule has 0 amide bonds. The highest BCUT2D eigenvalue weighted by Crippen LogP contribution is 2.41. The van der Waals surface area contributed by atoms with Gasteiger partial charge in [-0.25, -0.2) is 0 Å². The third-order valence-electron chi connectivity index (χ3n) is 3.73. The molecule has 0 saturated carbocycles. The van der Waals surface area contributed by atoms with Crippen molar-refractivity contribution in [3.8, 4) is 0 Å². The maximum atomic E-state index is 12.0. The summed E-state index contributed by atoms with van der Waals surface area (Å²) >= 11 is 0. The molecule has 2 atom stereocenters. The Bertz CT molecular complexity index is 311. The van der Waals surface area contributed by atoms with E-state index in [0.717, 1.165) is 25.0 Å². The van der Waals surface area contributed by atoms with Gasteiger partial charge in [0.2, 0.25) is 0 Å². The first-order valence-corrected chi connectivity index (χ1v) is 7.67. The van der Waals surface area contributed by atoms with E-state index in [1.165, 1.54) is 0 Å². The van der Waals surface area contributed by atoms with Crippen LogP contribution in [-0.4, -0.2) is 34.3 Å². The van der Waals surface area contributed by atoms with Crippen molar-refractivity contribution >= 4 is 15.4 Å². The van der Waals surface area contributed by atoms with Gasteiger partial charge in [-0.15, -0.1) is 0 Å². The Hall–Kier alpha value is -0.0200. The standard InChI is InChI=1S/C12H24O2S/c1-11(2,3)12(14-4)7-6-9-15(5,13)10-8-12/h5-10H2,1-4H3. The highest BCUT2D eigenvalue weighted by atomic mass is 32.2. The van der Waals surface area contributed by atoms with E-state index in [1.807, 2.05) is 0 Å². The molecule has 1 aliphatic rings. The van der Waals surface area contributed by atoms with Gasteiger partial charge in [0, 0.05) is 18.6 Å². The van der Waals surface area contributed by atoms with E-state index in [9.17, 15) is 4.21 Å². The maximum Gasteiger partial charge on any atom is 0.0735 e. The van der Waals surface area contributed by atoms with E-state index in [1.54, 1.807) is 7.11 Å². The van der Waals surface area contributed by atoms with E-state index < -0.39 is 9.52 Å². The normalized spacial score (nSPS) is 38.7. The first kappa shape index (κ1) is 13.0. The summed E-state index contributed by atoms with van der Waals surface area (Å²) in [6.07, 6.45) is 2.84. The minimum Gasteiger partial charge on any atom is -0.378 e. The average molecular weight is 232 g/mol. The van der Waals surface area contributed by atoms with Gasteiger partial charge in [0.25, 0.3) is 0 Å². The quantitative estimate of drug-likeness (QED) is 0.649. The fraction of sp³-hybridized carbons (Fsp3) is 0.917. The molecule has 1 aliphatic heterocycles. The lowest BCUT2D eigenvalue weighted by atomic mass is 9.72. The van der Waals surface area contributed by atoms with E-state index in [0.29, 0.717) is 5.75 Å². The lowest BCUT2D eigenvalue weighted by Gasteiger charge is -2.43. The van der Waals surface area contributed by atoms with Crippen LogP contribution >= 0.6 is 0 Å². The van der Waals surface area contributed by atoms with Crippen LogP contribution in [0.3, 0.4) is 0 Å². The summed E-state index contributed by atoms with van der Waals surface area (Å²) in [5, 5.41) is 0. The summed E-state index contributed by atoms with van der Waals surface area (Å²) in [4.78, 5) is 0. The number of hydrogen-bond acceptors (Lipinski definition) is 2. The molecule has 0 N–H and O–H groups in total. The molecular weight excluding hydrogens is 208 g/mol. The van der Waals surface area contributed by atoms with Gasteiger partial charge >= 0.3 is 0 Å². The van der Waals surface area contributed by atoms with Crippen molar-refractivity contribution in [1.82, 2.24) is 0 Å². The topological polar surface area (TPSA) is 26.3 Å². The highest BCUT2D eigenvalue weighted by Gasteiger charge is 2.43. The summed E-state index contributed by atoms with van der Waals surface area (Å²) in [6.45, 7) is 6.60. The SMILES string of the molecule is C=S1(=O)CCCC(OC)(C(C)(C)C)CC1. The Balaban J connectivity index is 2.94. The van der Waals surface area contributed by atoms with Crippen LogP contribution in [0.5, 0.6) is 0 Å². The number of ether oxygens (including phenoxy) is 1. The fourth-order valence-corrected chi connectivity index (χ4v) is 4.04. The van der Waals surface area contributed by atoms with Crippen LogP contribution in [0, 0.1) is 5.41 Å². The van der Waals surface area contributed by atoms with Gasteiger partial charge in [-0.3, -0.25) is 4.21 Å². The Morgan fingerprint density at radius 1 is 1.27 bits per heavy atom. The lowest BCUT2D eigenvalue weighted by molar-refractivity contribution is -0.0988. The van der Waals surface area contributed by atoms with Crippen LogP contribution in [-0.2, 0) is 14.3 Å². The van der Waals surface area contributed by atoms with Crippen LogP contribution in [0.15, 0.2) is 0 Å². The summed E-state index contributed by atoms with van der Waals surface area (Å²) in [5.74, 6) is 5.31. The predicted octanol–water partition coefficient (Wildman–Crippen LogP) is 2.32. The molecule has 0 bridgehead atoms. The van der Waals surface area contributed by atoms with Gasteiger partial charge in [0.05, 0.1) is 5.60 Å². The van der Waals surface area contributed by atoms with Gasteiger partial charge in [-0.2, -0.15) is 0 Å². The van der Waals surface area contributed by atoms with Crippen molar-refractivity contribution in [2.45, 2.75) is 45.6 Å². The molecule has 1 heterocycles. The molecule has 2 nitrogen and oxygen atoms in total. The first-order valence-electron chi connectivity index (χ1n) is 5.60. The van der Waals surface area contributed by atoms with Crippen molar-refractivity contribution in [2.75, 3.05) is 18.6 Å². The van der Waals surface area contributed by atoms with Crippen molar-refractivity contribution in [3.05, 3.63) is 0 Å². The Kier molecular flexibility index (Phi) is 3.56. The van der Waals surface area contributed by atoms with Gasteiger partial charge in [0.1, 0.15) is 0 Å². The van der Waals surface area contributed by atoms with Crippen molar-refractivity contribution in [1.29, 1.82) is 0 Å². The molecule has 1 saturated heterocycles. The molecule has 1 rings (SSSR count). The molecule has 90 valence electrons.